The second kappa shape index (κ2) is 6.78. The van der Waals surface area contributed by atoms with Gasteiger partial charge in [-0.2, -0.15) is 0 Å². The first-order valence-electron chi connectivity index (χ1n) is 9.63. The third-order valence-electron chi connectivity index (χ3n) is 6.11. The van der Waals surface area contributed by atoms with Crippen LogP contribution in [0.25, 0.3) is 10.2 Å². The molecule has 2 aliphatic rings. The van der Waals surface area contributed by atoms with E-state index in [1.807, 2.05) is 17.0 Å². The van der Waals surface area contributed by atoms with Crippen LogP contribution in [0.4, 0.5) is 5.69 Å². The Hall–Kier alpha value is -2.15. The molecule has 144 valence electrons. The smallest absolute Gasteiger partial charge is 0.263 e. The maximum atomic E-state index is 12.7. The molecule has 27 heavy (non-hydrogen) atoms. The van der Waals surface area contributed by atoms with Gasteiger partial charge in [-0.3, -0.25) is 9.59 Å². The van der Waals surface area contributed by atoms with E-state index in [9.17, 15) is 9.59 Å². The van der Waals surface area contributed by atoms with Gasteiger partial charge in [-0.25, -0.2) is 4.98 Å². The third-order valence-corrected chi connectivity index (χ3v) is 7.22. The number of anilines is 1. The molecule has 3 N–H and O–H groups in total. The Labute approximate surface area is 163 Å². The number of thiophene rings is 1. The van der Waals surface area contributed by atoms with Crippen molar-refractivity contribution in [1.82, 2.24) is 15.2 Å². The zero-order valence-corrected chi connectivity index (χ0v) is 16.7. The van der Waals surface area contributed by atoms with Gasteiger partial charge >= 0.3 is 0 Å². The second-order valence-electron chi connectivity index (χ2n) is 8.03. The molecule has 1 aliphatic carbocycles. The standard InChI is InChI=1S/C20H26N4O2S/c1-20(9-4-10-24(11-20)19(26)12-5-3-6-12)14-8-7-13-15(21)16(17(25)22-2)27-18(13)23-14/h7-8,12H,3-6,9-11,21H2,1-2H3,(H,22,25). The quantitative estimate of drug-likeness (QED) is 0.849. The van der Waals surface area contributed by atoms with E-state index >= 15 is 0 Å². The lowest BCUT2D eigenvalue weighted by atomic mass is 9.77. The number of piperidine rings is 1. The van der Waals surface area contributed by atoms with Crippen molar-refractivity contribution >= 4 is 39.1 Å². The number of carbonyl (C=O) groups excluding carboxylic acids is 2. The van der Waals surface area contributed by atoms with Gasteiger partial charge in [0.05, 0.1) is 5.69 Å². The Balaban J connectivity index is 1.63. The monoisotopic (exact) mass is 386 g/mol. The van der Waals surface area contributed by atoms with Crippen molar-refractivity contribution in [3.05, 3.63) is 22.7 Å². The molecule has 0 spiro atoms. The molecule has 4 rings (SSSR count). The highest BCUT2D eigenvalue weighted by molar-refractivity contribution is 7.21. The summed E-state index contributed by atoms with van der Waals surface area (Å²) in [6.45, 7) is 3.75. The molecule has 0 aromatic carbocycles. The fourth-order valence-electron chi connectivity index (χ4n) is 4.17. The van der Waals surface area contributed by atoms with Crippen LogP contribution in [0.3, 0.4) is 0 Å². The molecule has 2 aromatic heterocycles. The fourth-order valence-corrected chi connectivity index (χ4v) is 5.21. The van der Waals surface area contributed by atoms with Crippen molar-refractivity contribution in [3.63, 3.8) is 0 Å². The van der Waals surface area contributed by atoms with E-state index in [4.69, 9.17) is 10.7 Å². The molecule has 2 fully saturated rings. The molecule has 0 bridgehead atoms. The Bertz CT molecular complexity index is 905. The largest absolute Gasteiger partial charge is 0.397 e. The molecule has 2 aromatic rings. The van der Waals surface area contributed by atoms with E-state index in [0.29, 0.717) is 23.0 Å². The average molecular weight is 387 g/mol. The minimum Gasteiger partial charge on any atom is -0.397 e. The summed E-state index contributed by atoms with van der Waals surface area (Å²) in [5.41, 5.74) is 7.45. The molecule has 0 radical (unpaired) electrons. The highest BCUT2D eigenvalue weighted by atomic mass is 32.1. The summed E-state index contributed by atoms with van der Waals surface area (Å²) >= 11 is 1.33. The average Bonchev–Trinajstić information content (AvgIpc) is 2.96. The molecule has 1 saturated heterocycles. The Morgan fingerprint density at radius 2 is 2.11 bits per heavy atom. The molecule has 1 unspecified atom stereocenters. The minimum absolute atomic E-state index is 0.169. The van der Waals surface area contributed by atoms with Crippen LogP contribution in [0, 0.1) is 5.92 Å². The maximum Gasteiger partial charge on any atom is 0.263 e. The summed E-state index contributed by atoms with van der Waals surface area (Å²) in [6.07, 6.45) is 5.24. The van der Waals surface area contributed by atoms with Gasteiger partial charge in [0.1, 0.15) is 9.71 Å². The van der Waals surface area contributed by atoms with E-state index in [1.54, 1.807) is 7.05 Å². The number of fused-ring (bicyclic) bond motifs is 1. The number of hydrogen-bond donors (Lipinski definition) is 2. The van der Waals surface area contributed by atoms with E-state index in [0.717, 1.165) is 48.1 Å². The molecular formula is C20H26N4O2S. The molecule has 2 amide bonds. The highest BCUT2D eigenvalue weighted by Gasteiger charge is 2.39. The fraction of sp³-hybridized carbons (Fsp3) is 0.550. The molecule has 1 saturated carbocycles. The van der Waals surface area contributed by atoms with Crippen LogP contribution < -0.4 is 11.1 Å². The van der Waals surface area contributed by atoms with E-state index < -0.39 is 0 Å². The Morgan fingerprint density at radius 1 is 1.33 bits per heavy atom. The van der Waals surface area contributed by atoms with E-state index in [-0.39, 0.29) is 17.2 Å². The van der Waals surface area contributed by atoms with Gasteiger partial charge in [0.15, 0.2) is 0 Å². The number of amides is 2. The number of aromatic nitrogens is 1. The molecule has 7 heteroatoms. The Kier molecular flexibility index (Phi) is 4.58. The van der Waals surface area contributed by atoms with Gasteiger partial charge < -0.3 is 16.0 Å². The first kappa shape index (κ1) is 18.2. The molecule has 6 nitrogen and oxygen atoms in total. The van der Waals surface area contributed by atoms with Crippen molar-refractivity contribution in [3.8, 4) is 0 Å². The zero-order valence-electron chi connectivity index (χ0n) is 15.9. The molecule has 3 heterocycles. The van der Waals surface area contributed by atoms with Gasteiger partial charge in [-0.1, -0.05) is 13.3 Å². The first-order valence-corrected chi connectivity index (χ1v) is 10.4. The van der Waals surface area contributed by atoms with Gasteiger partial charge in [0.25, 0.3) is 5.91 Å². The number of carbonyl (C=O) groups is 2. The van der Waals surface area contributed by atoms with Gasteiger partial charge in [-0.15, -0.1) is 11.3 Å². The second-order valence-corrected chi connectivity index (χ2v) is 9.02. The van der Waals surface area contributed by atoms with Crippen LogP contribution in [-0.4, -0.2) is 41.8 Å². The van der Waals surface area contributed by atoms with Crippen LogP contribution >= 0.6 is 11.3 Å². The topological polar surface area (TPSA) is 88.3 Å². The highest BCUT2D eigenvalue weighted by Crippen LogP contribution is 2.38. The number of nitrogens with one attached hydrogen (secondary N) is 1. The van der Waals surface area contributed by atoms with Crippen molar-refractivity contribution in [2.45, 2.75) is 44.4 Å². The lowest BCUT2D eigenvalue weighted by Gasteiger charge is -2.42. The number of nitrogen functional groups attached to an aromatic ring is 1. The van der Waals surface area contributed by atoms with Crippen molar-refractivity contribution in [2.75, 3.05) is 25.9 Å². The number of likely N-dealkylation sites (tertiary alicyclic amines) is 1. The predicted octanol–water partition coefficient (Wildman–Crippen LogP) is 2.92. The number of rotatable bonds is 3. The normalized spacial score (nSPS) is 23.3. The lowest BCUT2D eigenvalue weighted by molar-refractivity contribution is -0.140. The summed E-state index contributed by atoms with van der Waals surface area (Å²) in [4.78, 5) is 32.9. The van der Waals surface area contributed by atoms with Crippen molar-refractivity contribution in [2.24, 2.45) is 5.92 Å². The lowest BCUT2D eigenvalue weighted by Crippen LogP contribution is -2.50. The molecule has 1 aliphatic heterocycles. The van der Waals surface area contributed by atoms with E-state index in [2.05, 4.69) is 12.2 Å². The van der Waals surface area contributed by atoms with Crippen LogP contribution in [0.2, 0.25) is 0 Å². The van der Waals surface area contributed by atoms with Crippen molar-refractivity contribution < 1.29 is 9.59 Å². The van der Waals surface area contributed by atoms with Crippen LogP contribution in [0.15, 0.2) is 12.1 Å². The number of hydrogen-bond acceptors (Lipinski definition) is 5. The van der Waals surface area contributed by atoms with Crippen LogP contribution in [-0.2, 0) is 10.2 Å². The SMILES string of the molecule is CNC(=O)c1sc2nc(C3(C)CCCN(C(=O)C4CCC4)C3)ccc2c1N. The third kappa shape index (κ3) is 3.08. The van der Waals surface area contributed by atoms with Gasteiger partial charge in [-0.05, 0) is 37.8 Å². The number of pyridine rings is 1. The first-order chi connectivity index (χ1) is 12.9. The summed E-state index contributed by atoms with van der Waals surface area (Å²) in [6, 6.07) is 3.98. The van der Waals surface area contributed by atoms with Crippen LogP contribution in [0.1, 0.15) is 54.4 Å². The minimum atomic E-state index is -0.182. The summed E-state index contributed by atoms with van der Waals surface area (Å²) in [5.74, 6) is 0.365. The summed E-state index contributed by atoms with van der Waals surface area (Å²) < 4.78 is 0. The molecule has 1 atom stereocenters. The zero-order chi connectivity index (χ0) is 19.2. The number of nitrogens with zero attached hydrogens (tertiary/aromatic N) is 2. The molecular weight excluding hydrogens is 360 g/mol. The van der Waals surface area contributed by atoms with Gasteiger partial charge in [0, 0.05) is 42.6 Å². The van der Waals surface area contributed by atoms with Gasteiger partial charge in [0.2, 0.25) is 5.91 Å². The Morgan fingerprint density at radius 3 is 2.78 bits per heavy atom. The van der Waals surface area contributed by atoms with Crippen LogP contribution in [0.5, 0.6) is 0 Å². The number of nitrogens with two attached hydrogens (primary N) is 1. The van der Waals surface area contributed by atoms with E-state index in [1.165, 1.54) is 17.8 Å². The predicted molar refractivity (Wildman–Crippen MR) is 108 cm³/mol. The van der Waals surface area contributed by atoms with Crippen molar-refractivity contribution in [1.29, 1.82) is 0 Å². The maximum absolute atomic E-state index is 12.7. The summed E-state index contributed by atoms with van der Waals surface area (Å²) in [7, 11) is 1.60. The summed E-state index contributed by atoms with van der Waals surface area (Å²) in [5, 5.41) is 3.45.